The second-order valence-electron chi connectivity index (χ2n) is 6.61. The maximum Gasteiger partial charge on any atom is 0.407 e. The molecule has 1 aliphatic rings. The van der Waals surface area contributed by atoms with Crippen molar-refractivity contribution in [3.8, 4) is 11.5 Å². The largest absolute Gasteiger partial charge is 0.486 e. The standard InChI is InChI=1S/C17H26N2O4/c1-12(10-19-16(20)23-17(2,3)4)18-11-13-6-5-7-14-15(13)22-9-8-21-14/h5-7,12,18H,8-11H2,1-4H3,(H,19,20). The first-order chi connectivity index (χ1) is 10.8. The molecule has 0 aliphatic carbocycles. The van der Waals surface area contributed by atoms with Crippen LogP contribution in [0.3, 0.4) is 0 Å². The second kappa shape index (κ2) is 7.55. The van der Waals surface area contributed by atoms with Crippen molar-refractivity contribution in [3.63, 3.8) is 0 Å². The molecule has 0 fully saturated rings. The van der Waals surface area contributed by atoms with Gasteiger partial charge in [0, 0.05) is 24.7 Å². The van der Waals surface area contributed by atoms with Crippen LogP contribution in [-0.4, -0.2) is 37.5 Å². The van der Waals surface area contributed by atoms with E-state index in [0.29, 0.717) is 26.3 Å². The minimum atomic E-state index is -0.485. The quantitative estimate of drug-likeness (QED) is 0.871. The van der Waals surface area contributed by atoms with E-state index in [1.807, 2.05) is 45.9 Å². The summed E-state index contributed by atoms with van der Waals surface area (Å²) in [7, 11) is 0. The first-order valence-electron chi connectivity index (χ1n) is 7.93. The Kier molecular flexibility index (Phi) is 5.71. The zero-order valence-corrected chi connectivity index (χ0v) is 14.3. The number of hydrogen-bond donors (Lipinski definition) is 2. The number of hydrogen-bond acceptors (Lipinski definition) is 5. The van der Waals surface area contributed by atoms with Crippen molar-refractivity contribution in [3.05, 3.63) is 23.8 Å². The molecule has 1 aliphatic heterocycles. The molecule has 0 aromatic heterocycles. The SMILES string of the molecule is CC(CNC(=O)OC(C)(C)C)NCc1cccc2c1OCCO2. The maximum absolute atomic E-state index is 11.6. The highest BCUT2D eigenvalue weighted by Gasteiger charge is 2.17. The summed E-state index contributed by atoms with van der Waals surface area (Å²) in [5, 5.41) is 6.12. The van der Waals surface area contributed by atoms with E-state index in [1.165, 1.54) is 0 Å². The van der Waals surface area contributed by atoms with Crippen molar-refractivity contribution >= 4 is 6.09 Å². The minimum absolute atomic E-state index is 0.0999. The molecule has 1 atom stereocenters. The van der Waals surface area contributed by atoms with Crippen molar-refractivity contribution in [1.29, 1.82) is 0 Å². The van der Waals surface area contributed by atoms with Crippen LogP contribution in [0, 0.1) is 0 Å². The van der Waals surface area contributed by atoms with Crippen LogP contribution in [0.2, 0.25) is 0 Å². The Hall–Kier alpha value is -1.95. The Labute approximate surface area is 137 Å². The summed E-state index contributed by atoms with van der Waals surface area (Å²) in [6.07, 6.45) is -0.403. The van der Waals surface area contributed by atoms with Crippen molar-refractivity contribution in [2.45, 2.75) is 45.9 Å². The number of nitrogens with one attached hydrogen (secondary N) is 2. The molecule has 0 saturated heterocycles. The van der Waals surface area contributed by atoms with E-state index >= 15 is 0 Å². The monoisotopic (exact) mass is 322 g/mol. The minimum Gasteiger partial charge on any atom is -0.486 e. The lowest BCUT2D eigenvalue weighted by Gasteiger charge is -2.23. The average Bonchev–Trinajstić information content (AvgIpc) is 2.49. The van der Waals surface area contributed by atoms with E-state index in [9.17, 15) is 4.79 Å². The molecule has 2 rings (SSSR count). The van der Waals surface area contributed by atoms with Gasteiger partial charge in [0.2, 0.25) is 0 Å². The lowest BCUT2D eigenvalue weighted by molar-refractivity contribution is 0.0523. The maximum atomic E-state index is 11.6. The van der Waals surface area contributed by atoms with Gasteiger partial charge in [0.25, 0.3) is 0 Å². The third-order valence-corrected chi connectivity index (χ3v) is 3.24. The summed E-state index contributed by atoms with van der Waals surface area (Å²) >= 11 is 0. The fourth-order valence-corrected chi connectivity index (χ4v) is 2.18. The first-order valence-corrected chi connectivity index (χ1v) is 7.93. The van der Waals surface area contributed by atoms with Gasteiger partial charge in [-0.2, -0.15) is 0 Å². The van der Waals surface area contributed by atoms with Gasteiger partial charge >= 0.3 is 6.09 Å². The van der Waals surface area contributed by atoms with Gasteiger partial charge in [0.1, 0.15) is 18.8 Å². The Morgan fingerprint density at radius 2 is 2.04 bits per heavy atom. The molecular weight excluding hydrogens is 296 g/mol. The number of carbonyl (C=O) groups is 1. The third kappa shape index (κ3) is 5.63. The summed E-state index contributed by atoms with van der Waals surface area (Å²) < 4.78 is 16.5. The van der Waals surface area contributed by atoms with Gasteiger partial charge in [0.15, 0.2) is 11.5 Å². The van der Waals surface area contributed by atoms with Crippen LogP contribution in [-0.2, 0) is 11.3 Å². The van der Waals surface area contributed by atoms with Crippen LogP contribution in [0.4, 0.5) is 4.79 Å². The molecule has 6 heteroatoms. The summed E-state index contributed by atoms with van der Waals surface area (Å²) in [5.41, 5.74) is 0.563. The number of rotatable bonds is 5. The number of para-hydroxylation sites is 1. The molecule has 1 amide bonds. The molecule has 1 aromatic carbocycles. The van der Waals surface area contributed by atoms with Crippen LogP contribution >= 0.6 is 0 Å². The Morgan fingerprint density at radius 3 is 2.78 bits per heavy atom. The summed E-state index contributed by atoms with van der Waals surface area (Å²) in [6, 6.07) is 5.97. The second-order valence-corrected chi connectivity index (χ2v) is 6.61. The fourth-order valence-electron chi connectivity index (χ4n) is 2.18. The number of carbonyl (C=O) groups excluding carboxylic acids is 1. The molecule has 1 unspecified atom stereocenters. The van der Waals surface area contributed by atoms with Gasteiger partial charge in [-0.25, -0.2) is 4.79 Å². The van der Waals surface area contributed by atoms with Crippen LogP contribution in [0.5, 0.6) is 11.5 Å². The van der Waals surface area contributed by atoms with Gasteiger partial charge in [-0.3, -0.25) is 0 Å². The number of alkyl carbamates (subject to hydrolysis) is 1. The Balaban J connectivity index is 1.79. The zero-order chi connectivity index (χ0) is 16.9. The van der Waals surface area contributed by atoms with Crippen LogP contribution in [0.1, 0.15) is 33.3 Å². The highest BCUT2D eigenvalue weighted by Crippen LogP contribution is 2.33. The van der Waals surface area contributed by atoms with E-state index in [0.717, 1.165) is 17.1 Å². The normalized spacial score (nSPS) is 15.0. The van der Waals surface area contributed by atoms with Gasteiger partial charge in [-0.1, -0.05) is 12.1 Å². The van der Waals surface area contributed by atoms with E-state index in [-0.39, 0.29) is 6.04 Å². The average molecular weight is 322 g/mol. The van der Waals surface area contributed by atoms with Crippen molar-refractivity contribution in [1.82, 2.24) is 10.6 Å². The summed E-state index contributed by atoms with van der Waals surface area (Å²) in [6.45, 7) is 9.81. The highest BCUT2D eigenvalue weighted by atomic mass is 16.6. The van der Waals surface area contributed by atoms with E-state index in [2.05, 4.69) is 10.6 Å². The molecule has 6 nitrogen and oxygen atoms in total. The molecule has 0 radical (unpaired) electrons. The van der Waals surface area contributed by atoms with Gasteiger partial charge in [-0.15, -0.1) is 0 Å². The lowest BCUT2D eigenvalue weighted by Crippen LogP contribution is -2.41. The zero-order valence-electron chi connectivity index (χ0n) is 14.3. The molecule has 128 valence electrons. The van der Waals surface area contributed by atoms with E-state index < -0.39 is 11.7 Å². The summed E-state index contributed by atoms with van der Waals surface area (Å²) in [5.74, 6) is 1.59. The molecule has 0 saturated carbocycles. The summed E-state index contributed by atoms with van der Waals surface area (Å²) in [4.78, 5) is 11.6. The van der Waals surface area contributed by atoms with Gasteiger partial charge < -0.3 is 24.8 Å². The smallest absolute Gasteiger partial charge is 0.407 e. The van der Waals surface area contributed by atoms with Crippen LogP contribution < -0.4 is 20.1 Å². The highest BCUT2D eigenvalue weighted by molar-refractivity contribution is 5.67. The predicted octanol–water partition coefficient (Wildman–Crippen LogP) is 2.46. The molecule has 0 spiro atoms. The van der Waals surface area contributed by atoms with Crippen molar-refractivity contribution in [2.75, 3.05) is 19.8 Å². The molecular formula is C17H26N2O4. The molecule has 23 heavy (non-hydrogen) atoms. The predicted molar refractivity (Wildman–Crippen MR) is 88.0 cm³/mol. The number of benzene rings is 1. The third-order valence-electron chi connectivity index (χ3n) is 3.24. The van der Waals surface area contributed by atoms with Crippen LogP contribution in [0.15, 0.2) is 18.2 Å². The lowest BCUT2D eigenvalue weighted by atomic mass is 10.1. The molecule has 1 heterocycles. The first kappa shape index (κ1) is 17.4. The number of ether oxygens (including phenoxy) is 3. The number of amides is 1. The van der Waals surface area contributed by atoms with Gasteiger partial charge in [0.05, 0.1) is 0 Å². The van der Waals surface area contributed by atoms with Gasteiger partial charge in [-0.05, 0) is 33.8 Å². The topological polar surface area (TPSA) is 68.8 Å². The Bertz CT molecular complexity index is 540. The number of fused-ring (bicyclic) bond motifs is 1. The van der Waals surface area contributed by atoms with Crippen LogP contribution in [0.25, 0.3) is 0 Å². The van der Waals surface area contributed by atoms with E-state index in [4.69, 9.17) is 14.2 Å². The van der Waals surface area contributed by atoms with Crippen molar-refractivity contribution < 1.29 is 19.0 Å². The van der Waals surface area contributed by atoms with E-state index in [1.54, 1.807) is 0 Å². The Morgan fingerprint density at radius 1 is 1.30 bits per heavy atom. The molecule has 2 N–H and O–H groups in total. The molecule has 1 aromatic rings. The molecule has 0 bridgehead atoms. The van der Waals surface area contributed by atoms with Crippen molar-refractivity contribution in [2.24, 2.45) is 0 Å². The fraction of sp³-hybridized carbons (Fsp3) is 0.588.